The maximum absolute atomic E-state index is 12.7. The number of anilines is 2. The van der Waals surface area contributed by atoms with E-state index in [-0.39, 0.29) is 36.6 Å². The maximum Gasteiger partial charge on any atom is 0.322 e. The number of hydrogen-bond donors (Lipinski definition) is 1. The van der Waals surface area contributed by atoms with E-state index in [0.717, 1.165) is 29.8 Å². The fraction of sp³-hybridized carbons (Fsp3) is 0.400. The summed E-state index contributed by atoms with van der Waals surface area (Å²) >= 11 is 6.27. The van der Waals surface area contributed by atoms with Gasteiger partial charge in [-0.1, -0.05) is 29.8 Å². The molecule has 0 aliphatic carbocycles. The largest absolute Gasteiger partial charge is 0.376 e. The molecule has 3 amide bonds. The van der Waals surface area contributed by atoms with E-state index < -0.39 is 0 Å². The molecule has 1 saturated heterocycles. The van der Waals surface area contributed by atoms with Gasteiger partial charge in [-0.15, -0.1) is 0 Å². The molecule has 1 N–H and O–H groups in total. The van der Waals surface area contributed by atoms with E-state index in [1.54, 1.807) is 12.1 Å². The van der Waals surface area contributed by atoms with Crippen molar-refractivity contribution < 1.29 is 14.4 Å². The SMILES string of the molecule is CN(C)c1ccc(C(=O)CCC(=O)N2CCC(N3Cc4ccccc4NC3=O)CC2)cc1Cl. The lowest BCUT2D eigenvalue weighted by molar-refractivity contribution is -0.132. The first-order valence-electron chi connectivity index (χ1n) is 11.3. The molecule has 0 spiro atoms. The summed E-state index contributed by atoms with van der Waals surface area (Å²) in [5.74, 6) is -0.111. The summed E-state index contributed by atoms with van der Waals surface area (Å²) in [4.78, 5) is 43.4. The molecule has 0 aromatic heterocycles. The normalized spacial score (nSPS) is 16.3. The van der Waals surface area contributed by atoms with Crippen molar-refractivity contribution in [2.45, 2.75) is 38.3 Å². The molecule has 7 nitrogen and oxygen atoms in total. The average Bonchev–Trinajstić information content (AvgIpc) is 2.81. The number of likely N-dealkylation sites (tertiary alicyclic amines) is 1. The molecule has 174 valence electrons. The molecule has 2 aromatic carbocycles. The predicted molar refractivity (Wildman–Crippen MR) is 130 cm³/mol. The highest BCUT2D eigenvalue weighted by Crippen LogP contribution is 2.28. The zero-order chi connectivity index (χ0) is 23.5. The molecule has 2 aliphatic heterocycles. The van der Waals surface area contributed by atoms with Crippen LogP contribution in [0.3, 0.4) is 0 Å². The third kappa shape index (κ3) is 5.14. The van der Waals surface area contributed by atoms with Crippen LogP contribution in [-0.4, -0.2) is 60.7 Å². The van der Waals surface area contributed by atoms with Crippen LogP contribution in [0, 0.1) is 0 Å². The zero-order valence-corrected chi connectivity index (χ0v) is 19.8. The number of halogens is 1. The number of ketones is 1. The third-order valence-electron chi connectivity index (χ3n) is 6.44. The van der Waals surface area contributed by atoms with E-state index in [1.807, 2.05) is 59.1 Å². The van der Waals surface area contributed by atoms with Gasteiger partial charge in [-0.2, -0.15) is 0 Å². The number of urea groups is 1. The van der Waals surface area contributed by atoms with Crippen LogP contribution in [0.4, 0.5) is 16.2 Å². The highest BCUT2D eigenvalue weighted by molar-refractivity contribution is 6.33. The molecule has 0 atom stereocenters. The Labute approximate surface area is 199 Å². The van der Waals surface area contributed by atoms with Crippen molar-refractivity contribution in [1.82, 2.24) is 9.80 Å². The first-order valence-corrected chi connectivity index (χ1v) is 11.6. The number of Topliss-reactive ketones (excluding diaryl/α,β-unsaturated/α-hetero) is 1. The number of amides is 3. The Bertz CT molecular complexity index is 1060. The number of carbonyl (C=O) groups excluding carboxylic acids is 3. The Kier molecular flexibility index (Phi) is 6.88. The topological polar surface area (TPSA) is 73.0 Å². The molecule has 1 fully saturated rings. The Hall–Kier alpha value is -3.06. The number of piperidine rings is 1. The van der Waals surface area contributed by atoms with Crippen LogP contribution in [0.15, 0.2) is 42.5 Å². The molecule has 0 radical (unpaired) electrons. The van der Waals surface area contributed by atoms with Crippen LogP contribution in [0.1, 0.15) is 41.6 Å². The summed E-state index contributed by atoms with van der Waals surface area (Å²) in [6, 6.07) is 13.1. The van der Waals surface area contributed by atoms with Crippen LogP contribution in [0.5, 0.6) is 0 Å². The van der Waals surface area contributed by atoms with Gasteiger partial charge in [-0.3, -0.25) is 9.59 Å². The van der Waals surface area contributed by atoms with Gasteiger partial charge in [0.2, 0.25) is 5.91 Å². The number of benzene rings is 2. The fourth-order valence-electron chi connectivity index (χ4n) is 4.51. The molecule has 8 heteroatoms. The lowest BCUT2D eigenvalue weighted by atomic mass is 10.00. The molecular formula is C25H29ClN4O3. The van der Waals surface area contributed by atoms with Crippen molar-refractivity contribution >= 4 is 40.7 Å². The number of para-hydroxylation sites is 1. The molecule has 2 heterocycles. The predicted octanol–water partition coefficient (Wildman–Crippen LogP) is 4.41. The van der Waals surface area contributed by atoms with Crippen molar-refractivity contribution in [2.24, 2.45) is 0 Å². The Balaban J connectivity index is 1.27. The summed E-state index contributed by atoms with van der Waals surface area (Å²) < 4.78 is 0. The monoisotopic (exact) mass is 468 g/mol. The second-order valence-corrected chi connectivity index (χ2v) is 9.22. The van der Waals surface area contributed by atoms with Gasteiger partial charge in [0.05, 0.1) is 10.7 Å². The van der Waals surface area contributed by atoms with Crippen molar-refractivity contribution in [3.63, 3.8) is 0 Å². The van der Waals surface area contributed by atoms with Crippen molar-refractivity contribution in [3.8, 4) is 0 Å². The summed E-state index contributed by atoms with van der Waals surface area (Å²) in [6.45, 7) is 1.77. The molecular weight excluding hydrogens is 440 g/mol. The highest BCUT2D eigenvalue weighted by atomic mass is 35.5. The quantitative estimate of drug-likeness (QED) is 0.637. The van der Waals surface area contributed by atoms with Crippen LogP contribution in [0.25, 0.3) is 0 Å². The zero-order valence-electron chi connectivity index (χ0n) is 19.0. The molecule has 4 rings (SSSR count). The van der Waals surface area contributed by atoms with E-state index in [2.05, 4.69) is 5.32 Å². The van der Waals surface area contributed by atoms with Crippen LogP contribution < -0.4 is 10.2 Å². The number of nitrogens with one attached hydrogen (secondary N) is 1. The first kappa shape index (κ1) is 23.1. The summed E-state index contributed by atoms with van der Waals surface area (Å²) in [7, 11) is 3.78. The Morgan fingerprint density at radius 1 is 1.09 bits per heavy atom. The standard InChI is InChI=1S/C25H29ClN4O3/c1-28(2)22-8-7-17(15-20(22)26)23(31)9-10-24(32)29-13-11-19(12-14-29)30-16-18-5-3-4-6-21(18)27-25(30)33/h3-8,15,19H,9-14,16H2,1-2H3,(H,27,33). The highest BCUT2D eigenvalue weighted by Gasteiger charge is 2.32. The minimum Gasteiger partial charge on any atom is -0.376 e. The summed E-state index contributed by atoms with van der Waals surface area (Å²) in [5, 5.41) is 3.48. The lowest BCUT2D eigenvalue weighted by Crippen LogP contribution is -2.51. The number of rotatable bonds is 6. The second kappa shape index (κ2) is 9.83. The summed E-state index contributed by atoms with van der Waals surface area (Å²) in [5.41, 5.74) is 3.34. The van der Waals surface area contributed by atoms with E-state index >= 15 is 0 Å². The Morgan fingerprint density at radius 3 is 2.52 bits per heavy atom. The van der Waals surface area contributed by atoms with Gasteiger partial charge in [0.25, 0.3) is 0 Å². The third-order valence-corrected chi connectivity index (χ3v) is 6.74. The molecule has 33 heavy (non-hydrogen) atoms. The van der Waals surface area contributed by atoms with Gasteiger partial charge in [-0.05, 0) is 42.7 Å². The number of nitrogens with zero attached hydrogens (tertiary/aromatic N) is 3. The van der Waals surface area contributed by atoms with Crippen LogP contribution >= 0.6 is 11.6 Å². The van der Waals surface area contributed by atoms with Crippen molar-refractivity contribution in [3.05, 3.63) is 58.6 Å². The number of hydrogen-bond acceptors (Lipinski definition) is 4. The van der Waals surface area contributed by atoms with Gasteiger partial charge in [-0.25, -0.2) is 4.79 Å². The number of fused-ring (bicyclic) bond motifs is 1. The van der Waals surface area contributed by atoms with Gasteiger partial charge in [0.1, 0.15) is 0 Å². The van der Waals surface area contributed by atoms with Gasteiger partial charge in [0.15, 0.2) is 5.78 Å². The van der Waals surface area contributed by atoms with Crippen molar-refractivity contribution in [1.29, 1.82) is 0 Å². The summed E-state index contributed by atoms with van der Waals surface area (Å²) in [6.07, 6.45) is 1.80. The van der Waals surface area contributed by atoms with Gasteiger partial charge in [0, 0.05) is 63.9 Å². The molecule has 0 saturated carbocycles. The lowest BCUT2D eigenvalue weighted by Gasteiger charge is -2.40. The molecule has 0 bridgehead atoms. The minimum atomic E-state index is -0.0888. The molecule has 0 unspecified atom stereocenters. The minimum absolute atomic E-state index is 0.0220. The van der Waals surface area contributed by atoms with Crippen LogP contribution in [0.2, 0.25) is 5.02 Å². The second-order valence-electron chi connectivity index (χ2n) is 8.81. The van der Waals surface area contributed by atoms with Crippen LogP contribution in [-0.2, 0) is 11.3 Å². The van der Waals surface area contributed by atoms with Gasteiger partial charge >= 0.3 is 6.03 Å². The van der Waals surface area contributed by atoms with E-state index in [9.17, 15) is 14.4 Å². The molecule has 2 aromatic rings. The van der Waals surface area contributed by atoms with Crippen molar-refractivity contribution in [2.75, 3.05) is 37.4 Å². The van der Waals surface area contributed by atoms with E-state index in [4.69, 9.17) is 11.6 Å². The number of carbonyl (C=O) groups is 3. The smallest absolute Gasteiger partial charge is 0.322 e. The fourth-order valence-corrected chi connectivity index (χ4v) is 4.86. The van der Waals surface area contributed by atoms with Gasteiger partial charge < -0.3 is 20.0 Å². The Morgan fingerprint density at radius 2 is 1.82 bits per heavy atom. The van der Waals surface area contributed by atoms with E-state index in [0.29, 0.717) is 30.2 Å². The average molecular weight is 469 g/mol. The van der Waals surface area contributed by atoms with E-state index in [1.165, 1.54) is 0 Å². The maximum atomic E-state index is 12.7. The molecule has 2 aliphatic rings. The first-order chi connectivity index (χ1) is 15.8.